The molecular weight excluding hydrogens is 154 g/mol. The Kier molecular flexibility index (Phi) is 1.51. The van der Waals surface area contributed by atoms with Gasteiger partial charge in [-0.1, -0.05) is 0 Å². The molecule has 0 aliphatic heterocycles. The maximum absolute atomic E-state index is 5.45. The van der Waals surface area contributed by atoms with Crippen LogP contribution in [0.2, 0.25) is 0 Å². The van der Waals surface area contributed by atoms with Crippen molar-refractivity contribution in [2.24, 2.45) is 5.73 Å². The highest BCUT2D eigenvalue weighted by atomic mass is 15.3. The first-order valence-electron chi connectivity index (χ1n) is 3.67. The molecule has 2 rings (SSSR count). The number of fused-ring (bicyclic) bond motifs is 1. The molecule has 2 aromatic rings. The van der Waals surface area contributed by atoms with Crippen molar-refractivity contribution in [3.8, 4) is 0 Å². The lowest BCUT2D eigenvalue weighted by atomic mass is 10.3. The van der Waals surface area contributed by atoms with E-state index in [2.05, 4.69) is 15.1 Å². The summed E-state index contributed by atoms with van der Waals surface area (Å²) in [7, 11) is 0. The van der Waals surface area contributed by atoms with Gasteiger partial charge in [0.2, 0.25) is 0 Å². The van der Waals surface area contributed by atoms with E-state index in [4.69, 9.17) is 5.73 Å². The number of nitrogens with two attached hydrogens (primary N) is 1. The van der Waals surface area contributed by atoms with E-state index in [9.17, 15) is 0 Å². The minimum absolute atomic E-state index is 0.474. The van der Waals surface area contributed by atoms with Crippen molar-refractivity contribution in [2.75, 3.05) is 0 Å². The predicted octanol–water partition coefficient (Wildman–Crippen LogP) is -0.109. The van der Waals surface area contributed by atoms with Crippen LogP contribution in [0.4, 0.5) is 0 Å². The molecule has 0 aliphatic carbocycles. The summed E-state index contributed by atoms with van der Waals surface area (Å²) in [5, 5.41) is 4.11. The molecule has 0 amide bonds. The lowest BCUT2D eigenvalue weighted by Crippen LogP contribution is -2.00. The van der Waals surface area contributed by atoms with Crippen LogP contribution in [0.3, 0.4) is 0 Å². The summed E-state index contributed by atoms with van der Waals surface area (Å²) in [4.78, 5) is 8.17. The first kappa shape index (κ1) is 7.17. The van der Waals surface area contributed by atoms with Gasteiger partial charge in [-0.2, -0.15) is 10.1 Å². The number of aryl methyl sites for hydroxylation is 1. The first-order chi connectivity index (χ1) is 5.79. The molecule has 0 unspecified atom stereocenters. The van der Waals surface area contributed by atoms with E-state index in [0.717, 1.165) is 11.4 Å². The molecule has 0 saturated heterocycles. The third-order valence-corrected chi connectivity index (χ3v) is 1.59. The van der Waals surface area contributed by atoms with E-state index < -0.39 is 0 Å². The number of hydrogen-bond acceptors (Lipinski definition) is 4. The van der Waals surface area contributed by atoms with Crippen LogP contribution < -0.4 is 5.73 Å². The molecule has 5 heteroatoms. The van der Waals surface area contributed by atoms with Crippen molar-refractivity contribution < 1.29 is 0 Å². The number of hydrogen-bond donors (Lipinski definition) is 1. The lowest BCUT2D eigenvalue weighted by molar-refractivity contribution is 0.887. The summed E-state index contributed by atoms with van der Waals surface area (Å²) in [6, 6.07) is 0. The molecule has 0 saturated carbocycles. The first-order valence-corrected chi connectivity index (χ1v) is 3.67. The number of rotatable bonds is 1. The monoisotopic (exact) mass is 163 g/mol. The Balaban J connectivity index is 2.66. The maximum Gasteiger partial charge on any atom is 0.252 e. The molecule has 0 aliphatic rings. The quantitative estimate of drug-likeness (QED) is 0.637. The molecular formula is C7H9N5. The fourth-order valence-corrected chi connectivity index (χ4v) is 1.03. The van der Waals surface area contributed by atoms with Crippen LogP contribution in [0.1, 0.15) is 11.4 Å². The van der Waals surface area contributed by atoms with Gasteiger partial charge in [-0.05, 0) is 6.92 Å². The van der Waals surface area contributed by atoms with E-state index in [1.807, 2.05) is 13.1 Å². The smallest absolute Gasteiger partial charge is 0.252 e. The van der Waals surface area contributed by atoms with Gasteiger partial charge in [0.25, 0.3) is 5.78 Å². The van der Waals surface area contributed by atoms with Gasteiger partial charge in [0.05, 0.1) is 0 Å². The summed E-state index contributed by atoms with van der Waals surface area (Å²) < 4.78 is 1.64. The number of aromatic nitrogens is 4. The van der Waals surface area contributed by atoms with E-state index >= 15 is 0 Å². The van der Waals surface area contributed by atoms with Crippen molar-refractivity contribution in [3.63, 3.8) is 0 Å². The molecule has 5 nitrogen and oxygen atoms in total. The van der Waals surface area contributed by atoms with Gasteiger partial charge in [-0.3, -0.25) is 0 Å². The maximum atomic E-state index is 5.45. The molecule has 2 N–H and O–H groups in total. The molecule has 0 fully saturated rings. The van der Waals surface area contributed by atoms with Crippen molar-refractivity contribution in [2.45, 2.75) is 13.5 Å². The van der Waals surface area contributed by atoms with Crippen molar-refractivity contribution in [1.82, 2.24) is 19.6 Å². The zero-order valence-corrected chi connectivity index (χ0v) is 6.73. The topological polar surface area (TPSA) is 69.1 Å². The second kappa shape index (κ2) is 2.53. The molecule has 2 aromatic heterocycles. The lowest BCUT2D eigenvalue weighted by Gasteiger charge is -1.94. The number of nitrogens with zero attached hydrogens (tertiary/aromatic N) is 4. The third-order valence-electron chi connectivity index (χ3n) is 1.59. The van der Waals surface area contributed by atoms with Gasteiger partial charge in [-0.15, -0.1) is 0 Å². The van der Waals surface area contributed by atoms with Gasteiger partial charge in [0, 0.05) is 24.5 Å². The van der Waals surface area contributed by atoms with Crippen molar-refractivity contribution in [3.05, 3.63) is 23.8 Å². The SMILES string of the molecule is Cc1nc2ncc(CN)cn2n1. The molecule has 62 valence electrons. The van der Waals surface area contributed by atoms with Gasteiger partial charge >= 0.3 is 0 Å². The summed E-state index contributed by atoms with van der Waals surface area (Å²) in [5.74, 6) is 1.33. The van der Waals surface area contributed by atoms with Crippen LogP contribution in [0.15, 0.2) is 12.4 Å². The van der Waals surface area contributed by atoms with Crippen LogP contribution in [0.25, 0.3) is 5.78 Å². The minimum Gasteiger partial charge on any atom is -0.326 e. The Morgan fingerprint density at radius 3 is 3.17 bits per heavy atom. The van der Waals surface area contributed by atoms with E-state index in [1.54, 1.807) is 10.7 Å². The highest BCUT2D eigenvalue weighted by molar-refractivity contribution is 5.27. The predicted molar refractivity (Wildman–Crippen MR) is 43.4 cm³/mol. The summed E-state index contributed by atoms with van der Waals surface area (Å²) in [6.45, 7) is 2.30. The Hall–Kier alpha value is -1.49. The largest absolute Gasteiger partial charge is 0.326 e. The van der Waals surface area contributed by atoms with Gasteiger partial charge < -0.3 is 5.73 Å². The molecule has 0 atom stereocenters. The van der Waals surface area contributed by atoms with E-state index in [0.29, 0.717) is 12.3 Å². The summed E-state index contributed by atoms with van der Waals surface area (Å²) >= 11 is 0. The average Bonchev–Trinajstić information content (AvgIpc) is 2.43. The molecule has 0 spiro atoms. The molecule has 0 bridgehead atoms. The molecule has 0 radical (unpaired) electrons. The van der Waals surface area contributed by atoms with Gasteiger partial charge in [-0.25, -0.2) is 9.50 Å². The second-order valence-electron chi connectivity index (χ2n) is 2.57. The van der Waals surface area contributed by atoms with Crippen LogP contribution in [-0.2, 0) is 6.54 Å². The van der Waals surface area contributed by atoms with Crippen LogP contribution in [-0.4, -0.2) is 19.6 Å². The summed E-state index contributed by atoms with van der Waals surface area (Å²) in [5.41, 5.74) is 6.40. The average molecular weight is 163 g/mol. The van der Waals surface area contributed by atoms with Crippen molar-refractivity contribution >= 4 is 5.78 Å². The van der Waals surface area contributed by atoms with Crippen LogP contribution in [0.5, 0.6) is 0 Å². The Morgan fingerprint density at radius 2 is 2.42 bits per heavy atom. The van der Waals surface area contributed by atoms with Crippen LogP contribution in [0, 0.1) is 6.92 Å². The zero-order chi connectivity index (χ0) is 8.55. The molecule has 2 heterocycles. The fourth-order valence-electron chi connectivity index (χ4n) is 1.03. The normalized spacial score (nSPS) is 10.8. The van der Waals surface area contributed by atoms with Crippen molar-refractivity contribution in [1.29, 1.82) is 0 Å². The fraction of sp³-hybridized carbons (Fsp3) is 0.286. The molecule has 12 heavy (non-hydrogen) atoms. The summed E-state index contributed by atoms with van der Waals surface area (Å²) in [6.07, 6.45) is 3.55. The Bertz CT molecular complexity index is 405. The molecule has 0 aromatic carbocycles. The van der Waals surface area contributed by atoms with E-state index in [-0.39, 0.29) is 0 Å². The highest BCUT2D eigenvalue weighted by Crippen LogP contribution is 1.99. The minimum atomic E-state index is 0.474. The zero-order valence-electron chi connectivity index (χ0n) is 6.73. The standard InChI is InChI=1S/C7H9N5/c1-5-10-7-9-3-6(2-8)4-12(7)11-5/h3-4H,2,8H2,1H3. The Morgan fingerprint density at radius 1 is 1.58 bits per heavy atom. The third kappa shape index (κ3) is 1.04. The van der Waals surface area contributed by atoms with Gasteiger partial charge in [0.15, 0.2) is 0 Å². The second-order valence-corrected chi connectivity index (χ2v) is 2.57. The van der Waals surface area contributed by atoms with E-state index in [1.165, 1.54) is 0 Å². The Labute approximate surface area is 69.2 Å². The van der Waals surface area contributed by atoms with Gasteiger partial charge in [0.1, 0.15) is 5.82 Å². The van der Waals surface area contributed by atoms with Crippen LogP contribution >= 0.6 is 0 Å². The highest BCUT2D eigenvalue weighted by Gasteiger charge is 1.99.